The van der Waals surface area contributed by atoms with Crippen LogP contribution in [-0.4, -0.2) is 35.5 Å². The van der Waals surface area contributed by atoms with E-state index in [1.807, 2.05) is 17.0 Å². The fourth-order valence-corrected chi connectivity index (χ4v) is 2.82. The number of hydrogen-bond acceptors (Lipinski definition) is 3. The van der Waals surface area contributed by atoms with Crippen LogP contribution >= 0.6 is 15.9 Å². The second kappa shape index (κ2) is 7.64. The molecule has 5 heteroatoms. The zero-order valence-electron chi connectivity index (χ0n) is 11.6. The van der Waals surface area contributed by atoms with Gasteiger partial charge < -0.3 is 15.3 Å². The molecule has 4 nitrogen and oxygen atoms in total. The van der Waals surface area contributed by atoms with E-state index in [0.717, 1.165) is 31.5 Å². The number of likely N-dealkylation sites (tertiary alicyclic amines) is 1. The first-order chi connectivity index (χ1) is 9.66. The third-order valence-corrected chi connectivity index (χ3v) is 4.20. The third kappa shape index (κ3) is 4.49. The number of nitrogens with one attached hydrogen (secondary N) is 1. The number of carbonyl (C=O) groups excluding carboxylic acids is 1. The van der Waals surface area contributed by atoms with Crippen LogP contribution in [0.3, 0.4) is 0 Å². The Kier molecular flexibility index (Phi) is 5.86. The molecule has 1 aliphatic rings. The van der Waals surface area contributed by atoms with Crippen molar-refractivity contribution in [2.45, 2.75) is 32.2 Å². The minimum atomic E-state index is 0.244. The van der Waals surface area contributed by atoms with Crippen molar-refractivity contribution >= 4 is 21.8 Å². The average Bonchev–Trinajstić information content (AvgIpc) is 2.48. The number of halogens is 1. The number of hydrogen-bond donors (Lipinski definition) is 2. The highest BCUT2D eigenvalue weighted by molar-refractivity contribution is 9.10. The van der Waals surface area contributed by atoms with E-state index in [2.05, 4.69) is 21.2 Å². The smallest absolute Gasteiger partial charge is 0.223 e. The molecular formula is C15H21BrN2O2. The predicted octanol–water partition coefficient (Wildman–Crippen LogP) is 2.65. The van der Waals surface area contributed by atoms with Gasteiger partial charge in [0.2, 0.25) is 5.91 Å². The molecule has 0 radical (unpaired) electrons. The van der Waals surface area contributed by atoms with E-state index in [1.54, 1.807) is 6.07 Å². The van der Waals surface area contributed by atoms with Crippen LogP contribution in [0.5, 0.6) is 5.75 Å². The van der Waals surface area contributed by atoms with Crippen LogP contribution in [0.15, 0.2) is 22.7 Å². The molecule has 0 bridgehead atoms. The van der Waals surface area contributed by atoms with Gasteiger partial charge in [-0.1, -0.05) is 6.07 Å². The summed E-state index contributed by atoms with van der Waals surface area (Å²) in [5, 5.41) is 12.7. The van der Waals surface area contributed by atoms with Crippen molar-refractivity contribution in [2.75, 3.05) is 19.6 Å². The summed E-state index contributed by atoms with van der Waals surface area (Å²) in [5.74, 6) is 0.498. The number of aromatic hydroxyl groups is 1. The zero-order chi connectivity index (χ0) is 14.4. The molecule has 1 aliphatic heterocycles. The Labute approximate surface area is 128 Å². The third-order valence-electron chi connectivity index (χ3n) is 3.57. The molecule has 0 saturated carbocycles. The van der Waals surface area contributed by atoms with Crippen molar-refractivity contribution in [3.05, 3.63) is 28.2 Å². The Morgan fingerprint density at radius 3 is 2.75 bits per heavy atom. The van der Waals surface area contributed by atoms with Crippen molar-refractivity contribution in [3.8, 4) is 5.75 Å². The molecule has 0 spiro atoms. The lowest BCUT2D eigenvalue weighted by Crippen LogP contribution is -2.37. The van der Waals surface area contributed by atoms with Gasteiger partial charge in [-0.05, 0) is 52.9 Å². The van der Waals surface area contributed by atoms with Crippen molar-refractivity contribution < 1.29 is 9.90 Å². The second-order valence-corrected chi connectivity index (χ2v) is 6.01. The Hall–Kier alpha value is -1.07. The molecule has 1 aromatic rings. The van der Waals surface area contributed by atoms with Crippen LogP contribution in [0.1, 0.15) is 31.2 Å². The maximum atomic E-state index is 12.0. The summed E-state index contributed by atoms with van der Waals surface area (Å²) in [6.45, 7) is 3.23. The van der Waals surface area contributed by atoms with Crippen molar-refractivity contribution in [1.82, 2.24) is 10.2 Å². The summed E-state index contributed by atoms with van der Waals surface area (Å²) < 4.78 is 0.696. The maximum Gasteiger partial charge on any atom is 0.223 e. The van der Waals surface area contributed by atoms with Crippen LogP contribution in [-0.2, 0) is 11.3 Å². The second-order valence-electron chi connectivity index (χ2n) is 5.15. The van der Waals surface area contributed by atoms with E-state index in [0.29, 0.717) is 24.0 Å². The highest BCUT2D eigenvalue weighted by Gasteiger charge is 2.15. The van der Waals surface area contributed by atoms with E-state index in [-0.39, 0.29) is 11.7 Å². The number of amides is 1. The molecule has 1 aromatic carbocycles. The molecule has 0 aliphatic carbocycles. The van der Waals surface area contributed by atoms with Gasteiger partial charge >= 0.3 is 0 Å². The number of phenolic OH excluding ortho intramolecular Hbond substituents is 1. The predicted molar refractivity (Wildman–Crippen MR) is 82.6 cm³/mol. The van der Waals surface area contributed by atoms with Crippen LogP contribution in [0, 0.1) is 0 Å². The molecule has 1 fully saturated rings. The lowest BCUT2D eigenvalue weighted by atomic mass is 10.1. The van der Waals surface area contributed by atoms with Crippen molar-refractivity contribution in [3.63, 3.8) is 0 Å². The minimum absolute atomic E-state index is 0.244. The molecule has 1 amide bonds. The summed E-state index contributed by atoms with van der Waals surface area (Å²) in [6.07, 6.45) is 4.08. The summed E-state index contributed by atoms with van der Waals surface area (Å²) in [7, 11) is 0. The standard InChI is InChI=1S/C15H21BrN2O2/c16-13-10-12(4-5-14(13)19)11-17-7-6-15(20)18-8-2-1-3-9-18/h4-5,10,17,19H,1-3,6-9,11H2. The number of phenols is 1. The van der Waals surface area contributed by atoms with Gasteiger partial charge in [-0.2, -0.15) is 0 Å². The Balaban J connectivity index is 1.68. The van der Waals surface area contributed by atoms with E-state index in [1.165, 1.54) is 6.42 Å². The van der Waals surface area contributed by atoms with Crippen LogP contribution in [0.4, 0.5) is 0 Å². The fourth-order valence-electron chi connectivity index (χ4n) is 2.39. The lowest BCUT2D eigenvalue weighted by molar-refractivity contribution is -0.131. The van der Waals surface area contributed by atoms with Gasteiger partial charge in [-0.15, -0.1) is 0 Å². The average molecular weight is 341 g/mol. The number of nitrogens with zero attached hydrogens (tertiary/aromatic N) is 1. The van der Waals surface area contributed by atoms with Gasteiger partial charge in [0, 0.05) is 32.6 Å². The van der Waals surface area contributed by atoms with Gasteiger partial charge in [-0.3, -0.25) is 4.79 Å². The molecule has 2 rings (SSSR count). The largest absolute Gasteiger partial charge is 0.507 e. The molecule has 0 atom stereocenters. The molecule has 1 saturated heterocycles. The first-order valence-electron chi connectivity index (χ1n) is 7.13. The van der Waals surface area contributed by atoms with E-state index >= 15 is 0 Å². The highest BCUT2D eigenvalue weighted by atomic mass is 79.9. The summed E-state index contributed by atoms with van der Waals surface area (Å²) in [5.41, 5.74) is 1.08. The van der Waals surface area contributed by atoms with Crippen molar-refractivity contribution in [1.29, 1.82) is 0 Å². The topological polar surface area (TPSA) is 52.6 Å². The number of carbonyl (C=O) groups is 1. The van der Waals surface area contributed by atoms with Gasteiger partial charge in [0.1, 0.15) is 5.75 Å². The quantitative estimate of drug-likeness (QED) is 0.810. The number of benzene rings is 1. The number of rotatable bonds is 5. The highest BCUT2D eigenvalue weighted by Crippen LogP contribution is 2.24. The normalized spacial score (nSPS) is 15.3. The monoisotopic (exact) mass is 340 g/mol. The Bertz CT molecular complexity index is 459. The van der Waals surface area contributed by atoms with Crippen LogP contribution in [0.25, 0.3) is 0 Å². The first-order valence-corrected chi connectivity index (χ1v) is 7.92. The van der Waals surface area contributed by atoms with E-state index in [9.17, 15) is 9.90 Å². The SMILES string of the molecule is O=C(CCNCc1ccc(O)c(Br)c1)N1CCCCC1. The summed E-state index contributed by atoms with van der Waals surface area (Å²) in [6, 6.07) is 5.42. The zero-order valence-corrected chi connectivity index (χ0v) is 13.2. The molecular weight excluding hydrogens is 320 g/mol. The molecule has 1 heterocycles. The van der Waals surface area contributed by atoms with Gasteiger partial charge in [0.25, 0.3) is 0 Å². The Morgan fingerprint density at radius 2 is 2.05 bits per heavy atom. The van der Waals surface area contributed by atoms with Crippen molar-refractivity contribution in [2.24, 2.45) is 0 Å². The van der Waals surface area contributed by atoms with Crippen LogP contribution in [0.2, 0.25) is 0 Å². The van der Waals surface area contributed by atoms with Gasteiger partial charge in [-0.25, -0.2) is 0 Å². The fraction of sp³-hybridized carbons (Fsp3) is 0.533. The Morgan fingerprint density at radius 1 is 1.30 bits per heavy atom. The van der Waals surface area contributed by atoms with Gasteiger partial charge in [0.05, 0.1) is 4.47 Å². The number of piperidine rings is 1. The summed E-state index contributed by atoms with van der Waals surface area (Å²) in [4.78, 5) is 13.9. The molecule has 0 aromatic heterocycles. The minimum Gasteiger partial charge on any atom is -0.507 e. The van der Waals surface area contributed by atoms with Gasteiger partial charge in [0.15, 0.2) is 0 Å². The van der Waals surface area contributed by atoms with E-state index in [4.69, 9.17) is 0 Å². The maximum absolute atomic E-state index is 12.0. The summed E-state index contributed by atoms with van der Waals surface area (Å²) >= 11 is 3.29. The molecule has 0 unspecified atom stereocenters. The molecule has 20 heavy (non-hydrogen) atoms. The van der Waals surface area contributed by atoms with E-state index < -0.39 is 0 Å². The molecule has 2 N–H and O–H groups in total. The first kappa shape index (κ1) is 15.3. The molecule has 110 valence electrons. The lowest BCUT2D eigenvalue weighted by Gasteiger charge is -2.26. The van der Waals surface area contributed by atoms with Crippen LogP contribution < -0.4 is 5.32 Å².